The van der Waals surface area contributed by atoms with Gasteiger partial charge in [-0.25, -0.2) is 8.42 Å². The van der Waals surface area contributed by atoms with Crippen LogP contribution in [0.25, 0.3) is 0 Å². The number of hydrogen-bond acceptors (Lipinski definition) is 4. The molecule has 0 heterocycles. The molecule has 1 aliphatic carbocycles. The molecule has 5 nitrogen and oxygen atoms in total. The van der Waals surface area contributed by atoms with Gasteiger partial charge in [-0.1, -0.05) is 29.8 Å². The Bertz CT molecular complexity index is 967. The van der Waals surface area contributed by atoms with Crippen LogP contribution in [-0.4, -0.2) is 33.2 Å². The van der Waals surface area contributed by atoms with Crippen molar-refractivity contribution in [1.29, 1.82) is 0 Å². The van der Waals surface area contributed by atoms with Gasteiger partial charge >= 0.3 is 0 Å². The highest BCUT2D eigenvalue weighted by Gasteiger charge is 2.36. The molecule has 28 heavy (non-hydrogen) atoms. The normalized spacial score (nSPS) is 22.6. The van der Waals surface area contributed by atoms with Crippen molar-refractivity contribution >= 4 is 27.3 Å². The number of nitrogens with two attached hydrogens (primary N) is 1. The highest BCUT2D eigenvalue weighted by atomic mass is 35.5. The zero-order chi connectivity index (χ0) is 20.4. The number of carbonyl (C=O) groups excluding carboxylic acids is 1. The Hall–Kier alpha value is -1.89. The van der Waals surface area contributed by atoms with Crippen LogP contribution < -0.4 is 11.1 Å². The summed E-state index contributed by atoms with van der Waals surface area (Å²) in [5.41, 5.74) is 7.51. The lowest BCUT2D eigenvalue weighted by Gasteiger charge is -2.40. The maximum absolute atomic E-state index is 12.6. The molecule has 150 valence electrons. The van der Waals surface area contributed by atoms with Gasteiger partial charge in [-0.3, -0.25) is 4.79 Å². The lowest BCUT2D eigenvalue weighted by atomic mass is 9.68. The molecule has 0 saturated heterocycles. The van der Waals surface area contributed by atoms with Crippen molar-refractivity contribution in [3.05, 3.63) is 64.7 Å². The molecule has 2 aromatic carbocycles. The summed E-state index contributed by atoms with van der Waals surface area (Å²) in [6, 6.07) is 14.0. The van der Waals surface area contributed by atoms with Crippen molar-refractivity contribution in [3.63, 3.8) is 0 Å². The van der Waals surface area contributed by atoms with E-state index in [0.29, 0.717) is 17.1 Å². The SMILES string of the molecule is CS(=O)(=O)c1cccc(C(=O)N[C@H]2CC[C@](CN)(c3cccc(Cl)c3)CC2)c1. The summed E-state index contributed by atoms with van der Waals surface area (Å²) in [6.07, 6.45) is 4.46. The molecule has 1 amide bonds. The second-order valence-electron chi connectivity index (χ2n) is 7.54. The van der Waals surface area contributed by atoms with Crippen molar-refractivity contribution in [2.45, 2.75) is 42.0 Å². The minimum absolute atomic E-state index is 0.0354. The number of carbonyl (C=O) groups is 1. The Labute approximate surface area is 171 Å². The fraction of sp³-hybridized carbons (Fsp3) is 0.381. The maximum atomic E-state index is 12.6. The fourth-order valence-electron chi connectivity index (χ4n) is 3.88. The van der Waals surface area contributed by atoms with E-state index >= 15 is 0 Å². The van der Waals surface area contributed by atoms with Gasteiger partial charge in [0.2, 0.25) is 0 Å². The molecule has 0 aliphatic heterocycles. The van der Waals surface area contributed by atoms with E-state index in [0.717, 1.165) is 37.5 Å². The van der Waals surface area contributed by atoms with E-state index in [9.17, 15) is 13.2 Å². The topological polar surface area (TPSA) is 89.3 Å². The molecule has 0 bridgehead atoms. The summed E-state index contributed by atoms with van der Waals surface area (Å²) in [5.74, 6) is -0.251. The van der Waals surface area contributed by atoms with Gasteiger partial charge < -0.3 is 11.1 Å². The highest BCUT2D eigenvalue weighted by molar-refractivity contribution is 7.90. The van der Waals surface area contributed by atoms with Crippen LogP contribution in [0.15, 0.2) is 53.4 Å². The largest absolute Gasteiger partial charge is 0.349 e. The summed E-state index contributed by atoms with van der Waals surface area (Å²) < 4.78 is 23.4. The monoisotopic (exact) mass is 420 g/mol. The highest BCUT2D eigenvalue weighted by Crippen LogP contribution is 2.39. The molecular weight excluding hydrogens is 396 g/mol. The standard InChI is InChI=1S/C21H25ClN2O3S/c1-28(26,27)19-7-2-4-15(12-19)20(25)24-18-8-10-21(14-23,11-9-18)16-5-3-6-17(22)13-16/h2-7,12-13,18H,8-11,14,23H2,1H3,(H,24,25)/t18-,21-. The van der Waals surface area contributed by atoms with Crippen LogP contribution in [0.5, 0.6) is 0 Å². The number of halogens is 1. The van der Waals surface area contributed by atoms with E-state index in [2.05, 4.69) is 11.4 Å². The molecule has 2 aromatic rings. The van der Waals surface area contributed by atoms with Crippen molar-refractivity contribution in [2.75, 3.05) is 12.8 Å². The number of hydrogen-bond donors (Lipinski definition) is 2. The first-order valence-electron chi connectivity index (χ1n) is 9.31. The predicted molar refractivity (Wildman–Crippen MR) is 111 cm³/mol. The first-order chi connectivity index (χ1) is 13.2. The van der Waals surface area contributed by atoms with Gasteiger partial charge in [0, 0.05) is 34.8 Å². The van der Waals surface area contributed by atoms with Crippen LogP contribution in [0, 0.1) is 0 Å². The van der Waals surface area contributed by atoms with E-state index < -0.39 is 9.84 Å². The van der Waals surface area contributed by atoms with Gasteiger partial charge in [0.15, 0.2) is 9.84 Å². The molecule has 0 aromatic heterocycles. The van der Waals surface area contributed by atoms with Gasteiger partial charge in [-0.2, -0.15) is 0 Å². The number of nitrogens with one attached hydrogen (secondary N) is 1. The quantitative estimate of drug-likeness (QED) is 0.776. The first kappa shape index (κ1) is 20.8. The third-order valence-corrected chi connectivity index (χ3v) is 6.98. The second-order valence-corrected chi connectivity index (χ2v) is 9.99. The minimum atomic E-state index is -3.35. The molecule has 1 aliphatic rings. The van der Waals surface area contributed by atoms with E-state index in [1.54, 1.807) is 12.1 Å². The van der Waals surface area contributed by atoms with Gasteiger partial charge in [0.1, 0.15) is 0 Å². The van der Waals surface area contributed by atoms with Crippen molar-refractivity contribution in [1.82, 2.24) is 5.32 Å². The minimum Gasteiger partial charge on any atom is -0.349 e. The summed E-state index contributed by atoms with van der Waals surface area (Å²) in [5, 5.41) is 3.74. The molecule has 3 rings (SSSR count). The van der Waals surface area contributed by atoms with Crippen LogP contribution >= 0.6 is 11.6 Å². The van der Waals surface area contributed by atoms with E-state index in [-0.39, 0.29) is 22.3 Å². The van der Waals surface area contributed by atoms with Crippen molar-refractivity contribution in [3.8, 4) is 0 Å². The average molecular weight is 421 g/mol. The third kappa shape index (κ3) is 4.57. The maximum Gasteiger partial charge on any atom is 0.251 e. The van der Waals surface area contributed by atoms with Crippen molar-refractivity contribution < 1.29 is 13.2 Å². The Morgan fingerprint density at radius 3 is 2.46 bits per heavy atom. The molecule has 0 radical (unpaired) electrons. The van der Waals surface area contributed by atoms with Gasteiger partial charge in [0.05, 0.1) is 4.90 Å². The predicted octanol–water partition coefficient (Wildman–Crippen LogP) is 3.31. The Kier molecular flexibility index (Phi) is 6.12. The zero-order valence-electron chi connectivity index (χ0n) is 15.8. The number of sulfone groups is 1. The molecular formula is C21H25ClN2O3S. The molecule has 3 N–H and O–H groups in total. The lowest BCUT2D eigenvalue weighted by Crippen LogP contribution is -2.45. The molecule has 0 unspecified atom stereocenters. The second kappa shape index (κ2) is 8.23. The number of rotatable bonds is 5. The first-order valence-corrected chi connectivity index (χ1v) is 11.6. The van der Waals surface area contributed by atoms with Crippen LogP contribution in [0.3, 0.4) is 0 Å². The van der Waals surface area contributed by atoms with Crippen LogP contribution in [-0.2, 0) is 15.3 Å². The molecule has 0 spiro atoms. The van der Waals surface area contributed by atoms with E-state index in [1.807, 2.05) is 18.2 Å². The molecule has 0 atom stereocenters. The Morgan fingerprint density at radius 1 is 1.18 bits per heavy atom. The van der Waals surface area contributed by atoms with Gasteiger partial charge in [0.25, 0.3) is 5.91 Å². The average Bonchev–Trinajstić information content (AvgIpc) is 2.68. The fourth-order valence-corrected chi connectivity index (χ4v) is 4.74. The summed E-state index contributed by atoms with van der Waals surface area (Å²) in [6.45, 7) is 0.532. The lowest BCUT2D eigenvalue weighted by molar-refractivity contribution is 0.0917. The van der Waals surface area contributed by atoms with Gasteiger partial charge in [-0.05, 0) is 61.6 Å². The van der Waals surface area contributed by atoms with Crippen LogP contribution in [0.2, 0.25) is 5.02 Å². The number of amides is 1. The van der Waals surface area contributed by atoms with Crippen molar-refractivity contribution in [2.24, 2.45) is 5.73 Å². The number of benzene rings is 2. The Balaban J connectivity index is 1.68. The molecule has 1 saturated carbocycles. The summed E-state index contributed by atoms with van der Waals surface area (Å²) in [7, 11) is -3.35. The molecule has 7 heteroatoms. The van der Waals surface area contributed by atoms with E-state index in [1.165, 1.54) is 12.1 Å². The smallest absolute Gasteiger partial charge is 0.251 e. The van der Waals surface area contributed by atoms with Crippen LogP contribution in [0.4, 0.5) is 0 Å². The summed E-state index contributed by atoms with van der Waals surface area (Å²) >= 11 is 6.15. The summed E-state index contributed by atoms with van der Waals surface area (Å²) in [4.78, 5) is 12.7. The third-order valence-electron chi connectivity index (χ3n) is 5.63. The van der Waals surface area contributed by atoms with Crippen LogP contribution in [0.1, 0.15) is 41.6 Å². The van der Waals surface area contributed by atoms with E-state index in [4.69, 9.17) is 17.3 Å². The zero-order valence-corrected chi connectivity index (χ0v) is 17.4. The van der Waals surface area contributed by atoms with Gasteiger partial charge in [-0.15, -0.1) is 0 Å². The molecule has 1 fully saturated rings. The Morgan fingerprint density at radius 2 is 1.86 bits per heavy atom.